The van der Waals surface area contributed by atoms with E-state index in [0.29, 0.717) is 12.5 Å². The average molecular weight is 317 g/mol. The summed E-state index contributed by atoms with van der Waals surface area (Å²) in [5.74, 6) is 0.146. The Morgan fingerprint density at radius 3 is 2.57 bits per heavy atom. The minimum Gasteiger partial charge on any atom is -0.369 e. The van der Waals surface area contributed by atoms with Gasteiger partial charge in [-0.2, -0.15) is 0 Å². The first-order valence-corrected chi connectivity index (χ1v) is 8.41. The van der Waals surface area contributed by atoms with Gasteiger partial charge >= 0.3 is 0 Å². The Bertz CT molecular complexity index is 551. The van der Waals surface area contributed by atoms with Crippen LogP contribution in [0.4, 0.5) is 5.69 Å². The van der Waals surface area contributed by atoms with Gasteiger partial charge in [-0.3, -0.25) is 14.5 Å². The van der Waals surface area contributed by atoms with Crippen molar-refractivity contribution < 1.29 is 9.59 Å². The third-order valence-corrected chi connectivity index (χ3v) is 4.74. The Morgan fingerprint density at radius 2 is 1.96 bits per heavy atom. The SMILES string of the molecule is CC[C@H](C)c1ccccc1NC(=O)CN1CCC(C(N)=O)CC1. The molecule has 1 aliphatic heterocycles. The predicted octanol–water partition coefficient (Wildman–Crippen LogP) is 2.34. The molecule has 0 unspecified atom stereocenters. The molecule has 0 bridgehead atoms. The smallest absolute Gasteiger partial charge is 0.238 e. The summed E-state index contributed by atoms with van der Waals surface area (Å²) >= 11 is 0. The lowest BCUT2D eigenvalue weighted by Crippen LogP contribution is -2.42. The maximum atomic E-state index is 12.3. The number of para-hydroxylation sites is 1. The number of amides is 2. The van der Waals surface area contributed by atoms with E-state index in [-0.39, 0.29) is 17.7 Å². The summed E-state index contributed by atoms with van der Waals surface area (Å²) in [5.41, 5.74) is 7.42. The van der Waals surface area contributed by atoms with Crippen LogP contribution in [-0.4, -0.2) is 36.3 Å². The molecular formula is C18H27N3O2. The van der Waals surface area contributed by atoms with E-state index in [2.05, 4.69) is 30.1 Å². The Morgan fingerprint density at radius 1 is 1.30 bits per heavy atom. The molecule has 1 atom stereocenters. The van der Waals surface area contributed by atoms with Gasteiger partial charge in [-0.15, -0.1) is 0 Å². The molecule has 23 heavy (non-hydrogen) atoms. The number of primary amides is 1. The molecule has 2 amide bonds. The molecule has 1 aliphatic rings. The van der Waals surface area contributed by atoms with Gasteiger partial charge in [-0.05, 0) is 49.9 Å². The maximum absolute atomic E-state index is 12.3. The highest BCUT2D eigenvalue weighted by atomic mass is 16.2. The van der Waals surface area contributed by atoms with Crippen molar-refractivity contribution in [2.45, 2.75) is 39.0 Å². The molecule has 5 heteroatoms. The van der Waals surface area contributed by atoms with Crippen LogP contribution in [0.15, 0.2) is 24.3 Å². The summed E-state index contributed by atoms with van der Waals surface area (Å²) in [5, 5.41) is 3.03. The number of piperidine rings is 1. The number of benzene rings is 1. The molecule has 0 radical (unpaired) electrons. The van der Waals surface area contributed by atoms with E-state index in [4.69, 9.17) is 5.73 Å². The van der Waals surface area contributed by atoms with Gasteiger partial charge < -0.3 is 11.1 Å². The average Bonchev–Trinajstić information content (AvgIpc) is 2.55. The third kappa shape index (κ3) is 4.79. The van der Waals surface area contributed by atoms with E-state index in [9.17, 15) is 9.59 Å². The van der Waals surface area contributed by atoms with E-state index in [1.54, 1.807) is 0 Å². The first-order chi connectivity index (χ1) is 11.0. The number of nitrogens with one attached hydrogen (secondary N) is 1. The van der Waals surface area contributed by atoms with E-state index >= 15 is 0 Å². The number of rotatable bonds is 6. The molecule has 1 heterocycles. The predicted molar refractivity (Wildman–Crippen MR) is 92.1 cm³/mol. The third-order valence-electron chi connectivity index (χ3n) is 4.74. The highest BCUT2D eigenvalue weighted by molar-refractivity contribution is 5.93. The van der Waals surface area contributed by atoms with Crippen LogP contribution in [0.1, 0.15) is 44.6 Å². The van der Waals surface area contributed by atoms with Gasteiger partial charge in [-0.1, -0.05) is 32.0 Å². The van der Waals surface area contributed by atoms with Crippen LogP contribution in [0.3, 0.4) is 0 Å². The van der Waals surface area contributed by atoms with Crippen molar-refractivity contribution >= 4 is 17.5 Å². The second-order valence-corrected chi connectivity index (χ2v) is 6.40. The fourth-order valence-corrected chi connectivity index (χ4v) is 3.03. The van der Waals surface area contributed by atoms with Crippen molar-refractivity contribution in [2.75, 3.05) is 25.0 Å². The van der Waals surface area contributed by atoms with Crippen LogP contribution in [0.25, 0.3) is 0 Å². The number of hydrogen-bond donors (Lipinski definition) is 2. The van der Waals surface area contributed by atoms with Crippen molar-refractivity contribution in [3.63, 3.8) is 0 Å². The van der Waals surface area contributed by atoms with Crippen molar-refractivity contribution in [2.24, 2.45) is 11.7 Å². The molecule has 3 N–H and O–H groups in total. The number of nitrogens with zero attached hydrogens (tertiary/aromatic N) is 1. The Labute approximate surface area is 138 Å². The summed E-state index contributed by atoms with van der Waals surface area (Å²) < 4.78 is 0. The van der Waals surface area contributed by atoms with Gasteiger partial charge in [0.15, 0.2) is 0 Å². The summed E-state index contributed by atoms with van der Waals surface area (Å²) in [7, 11) is 0. The van der Waals surface area contributed by atoms with Gasteiger partial charge in [0.1, 0.15) is 0 Å². The summed E-state index contributed by atoms with van der Waals surface area (Å²) in [6.07, 6.45) is 2.52. The number of nitrogens with two attached hydrogens (primary N) is 1. The van der Waals surface area contributed by atoms with Crippen LogP contribution in [-0.2, 0) is 9.59 Å². The number of anilines is 1. The van der Waals surface area contributed by atoms with Crippen molar-refractivity contribution in [3.05, 3.63) is 29.8 Å². The second kappa shape index (κ2) is 8.11. The summed E-state index contributed by atoms with van der Waals surface area (Å²) in [4.78, 5) is 25.6. The van der Waals surface area contributed by atoms with Crippen LogP contribution < -0.4 is 11.1 Å². The lowest BCUT2D eigenvalue weighted by molar-refractivity contribution is -0.123. The molecule has 1 fully saturated rings. The molecule has 2 rings (SSSR count). The molecule has 0 spiro atoms. The normalized spacial score (nSPS) is 17.7. The fraction of sp³-hybridized carbons (Fsp3) is 0.556. The Kier molecular flexibility index (Phi) is 6.16. The van der Waals surface area contributed by atoms with Crippen molar-refractivity contribution in [1.82, 2.24) is 4.90 Å². The number of hydrogen-bond acceptors (Lipinski definition) is 3. The maximum Gasteiger partial charge on any atom is 0.238 e. The minimum absolute atomic E-state index is 0.00159. The second-order valence-electron chi connectivity index (χ2n) is 6.40. The van der Waals surface area contributed by atoms with Crippen molar-refractivity contribution in [1.29, 1.82) is 0 Å². The van der Waals surface area contributed by atoms with Crippen LogP contribution >= 0.6 is 0 Å². The van der Waals surface area contributed by atoms with Crippen LogP contribution in [0.2, 0.25) is 0 Å². The summed E-state index contributed by atoms with van der Waals surface area (Å²) in [6, 6.07) is 7.98. The molecule has 1 aromatic carbocycles. The zero-order valence-corrected chi connectivity index (χ0v) is 14.0. The number of likely N-dealkylation sites (tertiary alicyclic amines) is 1. The first kappa shape index (κ1) is 17.5. The van der Waals surface area contributed by atoms with Gasteiger partial charge in [0.25, 0.3) is 0 Å². The molecule has 5 nitrogen and oxygen atoms in total. The quantitative estimate of drug-likeness (QED) is 0.845. The lowest BCUT2D eigenvalue weighted by Gasteiger charge is -2.30. The Balaban J connectivity index is 1.90. The fourth-order valence-electron chi connectivity index (χ4n) is 3.03. The molecule has 0 aromatic heterocycles. The van der Waals surface area contributed by atoms with Crippen molar-refractivity contribution in [3.8, 4) is 0 Å². The number of carbonyl (C=O) groups is 2. The molecule has 0 aliphatic carbocycles. The molecule has 1 saturated heterocycles. The van der Waals surface area contributed by atoms with Gasteiger partial charge in [0.05, 0.1) is 6.54 Å². The molecule has 0 saturated carbocycles. The van der Waals surface area contributed by atoms with E-state index in [1.165, 1.54) is 5.56 Å². The van der Waals surface area contributed by atoms with E-state index < -0.39 is 0 Å². The zero-order chi connectivity index (χ0) is 16.8. The van der Waals surface area contributed by atoms with Gasteiger partial charge in [-0.25, -0.2) is 0 Å². The van der Waals surface area contributed by atoms with Crippen LogP contribution in [0, 0.1) is 5.92 Å². The first-order valence-electron chi connectivity index (χ1n) is 8.41. The highest BCUT2D eigenvalue weighted by Crippen LogP contribution is 2.26. The van der Waals surface area contributed by atoms with Gasteiger partial charge in [0, 0.05) is 11.6 Å². The minimum atomic E-state index is -0.225. The van der Waals surface area contributed by atoms with Crippen LogP contribution in [0.5, 0.6) is 0 Å². The molecule has 126 valence electrons. The number of carbonyl (C=O) groups excluding carboxylic acids is 2. The monoisotopic (exact) mass is 317 g/mol. The van der Waals surface area contributed by atoms with E-state index in [1.807, 2.05) is 18.2 Å². The molecular weight excluding hydrogens is 290 g/mol. The lowest BCUT2D eigenvalue weighted by atomic mass is 9.96. The zero-order valence-electron chi connectivity index (χ0n) is 14.0. The summed E-state index contributed by atoms with van der Waals surface area (Å²) in [6.45, 7) is 6.16. The standard InChI is InChI=1S/C18H27N3O2/c1-3-13(2)15-6-4-5-7-16(15)20-17(22)12-21-10-8-14(9-11-21)18(19)23/h4-7,13-14H,3,8-12H2,1-2H3,(H2,19,23)(H,20,22)/t13-/m0/s1. The Hall–Kier alpha value is -1.88. The largest absolute Gasteiger partial charge is 0.369 e. The molecule has 1 aromatic rings. The van der Waals surface area contributed by atoms with Gasteiger partial charge in [0.2, 0.25) is 11.8 Å². The van der Waals surface area contributed by atoms with E-state index in [0.717, 1.165) is 38.0 Å². The highest BCUT2D eigenvalue weighted by Gasteiger charge is 2.24. The topological polar surface area (TPSA) is 75.4 Å².